The lowest BCUT2D eigenvalue weighted by atomic mass is 10.4. The van der Waals surface area contributed by atoms with E-state index in [4.69, 9.17) is 5.11 Å². The van der Waals surface area contributed by atoms with Crippen molar-refractivity contribution in [2.75, 3.05) is 20.2 Å². The Morgan fingerprint density at radius 2 is 2.27 bits per heavy atom. The minimum atomic E-state index is -0.353. The van der Waals surface area contributed by atoms with Crippen LogP contribution in [0.15, 0.2) is 0 Å². The topological polar surface area (TPSA) is 49.8 Å². The summed E-state index contributed by atoms with van der Waals surface area (Å²) in [5.41, 5.74) is 0. The van der Waals surface area contributed by atoms with Crippen molar-refractivity contribution < 1.29 is 14.6 Å². The summed E-state index contributed by atoms with van der Waals surface area (Å²) in [5.74, 6) is 0. The van der Waals surface area contributed by atoms with Crippen molar-refractivity contribution >= 4 is 6.09 Å². The van der Waals surface area contributed by atoms with Gasteiger partial charge in [-0.05, 0) is 0 Å². The normalized spacial score (nSPS) is 22.4. The molecule has 66 valence electrons. The van der Waals surface area contributed by atoms with Crippen LogP contribution >= 0.6 is 0 Å². The highest BCUT2D eigenvalue weighted by Crippen LogP contribution is 2.06. The molecule has 1 saturated heterocycles. The number of rotatable bonds is 1. The van der Waals surface area contributed by atoms with Crippen molar-refractivity contribution in [1.82, 2.24) is 4.90 Å². The lowest BCUT2D eigenvalue weighted by Gasteiger charge is -2.00. The third-order valence-corrected chi connectivity index (χ3v) is 1.26. The van der Waals surface area contributed by atoms with Crippen molar-refractivity contribution in [3.63, 3.8) is 0 Å². The summed E-state index contributed by atoms with van der Waals surface area (Å²) in [7, 11) is 1.64. The van der Waals surface area contributed by atoms with Crippen LogP contribution in [0.25, 0.3) is 0 Å². The highest BCUT2D eigenvalue weighted by atomic mass is 16.6. The van der Waals surface area contributed by atoms with Crippen LogP contribution in [-0.2, 0) is 4.74 Å². The minimum Gasteiger partial charge on any atom is -0.442 e. The number of nitrogens with zero attached hydrogens (tertiary/aromatic N) is 1. The molecule has 1 amide bonds. The molecular weight excluding hydrogens is 146 g/mol. The molecular formula is C7H15NO3. The average molecular weight is 161 g/mol. The van der Waals surface area contributed by atoms with E-state index in [9.17, 15) is 4.79 Å². The molecule has 0 saturated carbocycles. The van der Waals surface area contributed by atoms with E-state index in [1.54, 1.807) is 7.05 Å². The van der Waals surface area contributed by atoms with Crippen molar-refractivity contribution in [2.24, 2.45) is 0 Å². The van der Waals surface area contributed by atoms with Crippen molar-refractivity contribution in [2.45, 2.75) is 20.0 Å². The number of carbonyl (C=O) groups excluding carboxylic acids is 1. The first-order valence-electron chi connectivity index (χ1n) is 3.76. The predicted octanol–water partition coefficient (Wildman–Crippen LogP) is 0.456. The number of aliphatic hydroxyl groups excluding tert-OH is 1. The van der Waals surface area contributed by atoms with Crippen LogP contribution in [0.3, 0.4) is 0 Å². The van der Waals surface area contributed by atoms with Gasteiger partial charge in [0.25, 0.3) is 0 Å². The number of carbonyl (C=O) groups is 1. The van der Waals surface area contributed by atoms with Crippen LogP contribution in [0, 0.1) is 0 Å². The van der Waals surface area contributed by atoms with Gasteiger partial charge in [0.05, 0.1) is 13.2 Å². The summed E-state index contributed by atoms with van der Waals surface area (Å²) in [6, 6.07) is 0. The zero-order valence-corrected chi connectivity index (χ0v) is 7.20. The molecule has 0 radical (unpaired) electrons. The Labute approximate surface area is 66.8 Å². The quantitative estimate of drug-likeness (QED) is 0.607. The van der Waals surface area contributed by atoms with Gasteiger partial charge in [0.1, 0.15) is 6.10 Å². The third kappa shape index (κ3) is 2.76. The summed E-state index contributed by atoms with van der Waals surface area (Å²) in [4.78, 5) is 12.0. The maximum Gasteiger partial charge on any atom is 0.410 e. The molecule has 4 heteroatoms. The first kappa shape index (κ1) is 10.2. The molecule has 11 heavy (non-hydrogen) atoms. The summed E-state index contributed by atoms with van der Waals surface area (Å²) in [5, 5.41) is 8.50. The lowest BCUT2D eigenvalue weighted by molar-refractivity contribution is 0.0951. The van der Waals surface area contributed by atoms with Crippen molar-refractivity contribution in [3.8, 4) is 0 Å². The van der Waals surface area contributed by atoms with Gasteiger partial charge in [0, 0.05) is 7.05 Å². The zero-order valence-electron chi connectivity index (χ0n) is 7.20. The van der Waals surface area contributed by atoms with Crippen molar-refractivity contribution in [3.05, 3.63) is 0 Å². The molecule has 1 unspecified atom stereocenters. The number of likely N-dealkylation sites (N-methyl/N-ethyl adjacent to an activating group) is 1. The minimum absolute atomic E-state index is 0.0872. The maximum atomic E-state index is 10.5. The van der Waals surface area contributed by atoms with Crippen LogP contribution in [0.1, 0.15) is 13.8 Å². The van der Waals surface area contributed by atoms with Gasteiger partial charge < -0.3 is 14.7 Å². The van der Waals surface area contributed by atoms with E-state index in [2.05, 4.69) is 4.74 Å². The zero-order chi connectivity index (χ0) is 8.85. The first-order valence-corrected chi connectivity index (χ1v) is 3.76. The molecule has 1 aliphatic heterocycles. The number of hydrogen-bond donors (Lipinski definition) is 1. The number of aliphatic hydroxyl groups is 1. The standard InChI is InChI=1S/C5H9NO3.C2H6/c1-6-2-4(3-7)9-5(6)8;1-2/h4,7H,2-3H2,1H3;1-2H3. The Balaban J connectivity index is 0.000000461. The lowest BCUT2D eigenvalue weighted by Crippen LogP contribution is -2.20. The summed E-state index contributed by atoms with van der Waals surface area (Å²) >= 11 is 0. The van der Waals surface area contributed by atoms with E-state index < -0.39 is 0 Å². The molecule has 0 aromatic rings. The van der Waals surface area contributed by atoms with Gasteiger partial charge >= 0.3 is 6.09 Å². The highest BCUT2D eigenvalue weighted by Gasteiger charge is 2.26. The third-order valence-electron chi connectivity index (χ3n) is 1.26. The molecule has 0 aromatic heterocycles. The fourth-order valence-corrected chi connectivity index (χ4v) is 0.745. The molecule has 4 nitrogen and oxygen atoms in total. The number of amides is 1. The Morgan fingerprint density at radius 1 is 1.73 bits per heavy atom. The Bertz CT molecular complexity index is 127. The van der Waals surface area contributed by atoms with Gasteiger partial charge in [-0.1, -0.05) is 13.8 Å². The van der Waals surface area contributed by atoms with E-state index in [1.807, 2.05) is 13.8 Å². The van der Waals surface area contributed by atoms with Crippen LogP contribution in [0.5, 0.6) is 0 Å². The van der Waals surface area contributed by atoms with Gasteiger partial charge in [0.15, 0.2) is 0 Å². The van der Waals surface area contributed by atoms with Gasteiger partial charge in [-0.3, -0.25) is 0 Å². The second-order valence-corrected chi connectivity index (χ2v) is 2.07. The molecule has 0 bridgehead atoms. The fourth-order valence-electron chi connectivity index (χ4n) is 0.745. The molecule has 1 aliphatic rings. The second-order valence-electron chi connectivity index (χ2n) is 2.07. The average Bonchev–Trinajstić information content (AvgIpc) is 2.36. The van der Waals surface area contributed by atoms with Gasteiger partial charge in [-0.25, -0.2) is 4.79 Å². The molecule has 1 heterocycles. The summed E-state index contributed by atoms with van der Waals surface area (Å²) < 4.78 is 4.66. The molecule has 0 aliphatic carbocycles. The Hall–Kier alpha value is -0.770. The number of hydrogen-bond acceptors (Lipinski definition) is 3. The Morgan fingerprint density at radius 3 is 2.45 bits per heavy atom. The van der Waals surface area contributed by atoms with Crippen LogP contribution < -0.4 is 0 Å². The molecule has 1 N–H and O–H groups in total. The Kier molecular flexibility index (Phi) is 4.61. The maximum absolute atomic E-state index is 10.5. The van der Waals surface area contributed by atoms with E-state index >= 15 is 0 Å². The molecule has 1 rings (SSSR count). The number of cyclic esters (lactones) is 1. The van der Waals surface area contributed by atoms with Gasteiger partial charge in [0.2, 0.25) is 0 Å². The molecule has 1 fully saturated rings. The molecule has 0 spiro atoms. The van der Waals surface area contributed by atoms with Gasteiger partial charge in [-0.2, -0.15) is 0 Å². The highest BCUT2D eigenvalue weighted by molar-refractivity contribution is 5.69. The van der Waals surface area contributed by atoms with Crippen LogP contribution in [-0.4, -0.2) is 42.4 Å². The van der Waals surface area contributed by atoms with Crippen LogP contribution in [0.2, 0.25) is 0 Å². The second kappa shape index (κ2) is 4.96. The van der Waals surface area contributed by atoms with E-state index in [0.29, 0.717) is 6.54 Å². The SMILES string of the molecule is CC.CN1CC(CO)OC1=O. The van der Waals surface area contributed by atoms with Crippen molar-refractivity contribution in [1.29, 1.82) is 0 Å². The van der Waals surface area contributed by atoms with E-state index in [1.165, 1.54) is 4.90 Å². The van der Waals surface area contributed by atoms with Crippen LogP contribution in [0.4, 0.5) is 4.79 Å². The monoisotopic (exact) mass is 161 g/mol. The molecule has 0 aromatic carbocycles. The largest absolute Gasteiger partial charge is 0.442 e. The number of ether oxygens (including phenoxy) is 1. The fraction of sp³-hybridized carbons (Fsp3) is 0.857. The summed E-state index contributed by atoms with van der Waals surface area (Å²) in [6.45, 7) is 4.41. The smallest absolute Gasteiger partial charge is 0.410 e. The first-order chi connectivity index (χ1) is 5.24. The van der Waals surface area contributed by atoms with E-state index in [0.717, 1.165) is 0 Å². The van der Waals surface area contributed by atoms with Gasteiger partial charge in [-0.15, -0.1) is 0 Å². The molecule has 1 atom stereocenters. The van der Waals surface area contributed by atoms with E-state index in [-0.39, 0.29) is 18.8 Å². The summed E-state index contributed by atoms with van der Waals surface area (Å²) in [6.07, 6.45) is -0.670. The predicted molar refractivity (Wildman–Crippen MR) is 41.3 cm³/mol.